The van der Waals surface area contributed by atoms with E-state index in [0.29, 0.717) is 12.5 Å². The van der Waals surface area contributed by atoms with E-state index in [2.05, 4.69) is 27.4 Å². The van der Waals surface area contributed by atoms with Crippen LogP contribution in [0.25, 0.3) is 0 Å². The summed E-state index contributed by atoms with van der Waals surface area (Å²) in [5.41, 5.74) is 1.12. The molecule has 2 rings (SSSR count). The minimum atomic E-state index is -0.0850. The Kier molecular flexibility index (Phi) is 6.24. The Morgan fingerprint density at radius 2 is 2.46 bits per heavy atom. The maximum Gasteiger partial charge on any atom is 0.236 e. The van der Waals surface area contributed by atoms with Crippen LogP contribution in [0.2, 0.25) is 0 Å². The molecule has 2 atom stereocenters. The SMILES string of the molecule is CN/C=N\C(=C1\C=CNC1)N(C)[C@H]1CN(C(=O)CC#N)CC[C@H]1C. The van der Waals surface area contributed by atoms with Crippen molar-refractivity contribution in [2.75, 3.05) is 33.7 Å². The maximum atomic E-state index is 12.1. The predicted molar refractivity (Wildman–Crippen MR) is 93.9 cm³/mol. The molecule has 0 aromatic rings. The highest BCUT2D eigenvalue weighted by Gasteiger charge is 2.32. The molecule has 1 fully saturated rings. The topological polar surface area (TPSA) is 83.8 Å². The van der Waals surface area contributed by atoms with Gasteiger partial charge in [-0.1, -0.05) is 6.92 Å². The fourth-order valence-electron chi connectivity index (χ4n) is 3.18. The number of likely N-dealkylation sites (tertiary alicyclic amines) is 1. The van der Waals surface area contributed by atoms with Crippen molar-refractivity contribution in [3.05, 3.63) is 23.7 Å². The highest BCUT2D eigenvalue weighted by Crippen LogP contribution is 2.26. The standard InChI is InChI=1S/C17H26N6O/c1-13-6-9-23(16(24)4-7-18)11-15(13)22(3)17(21-12-19-2)14-5-8-20-10-14/h5,8,12-13,15,20H,4,6,9-11H2,1-3H3,(H,19,21)/b17-14+/t13-,15+/m1/s1. The van der Waals surface area contributed by atoms with Crippen molar-refractivity contribution in [2.45, 2.75) is 25.8 Å². The number of rotatable bonds is 5. The Hall–Kier alpha value is -2.49. The number of likely N-dealkylation sites (N-methyl/N-ethyl adjacent to an activating group) is 1. The molecule has 0 radical (unpaired) electrons. The van der Waals surface area contributed by atoms with Crippen LogP contribution in [0, 0.1) is 17.2 Å². The van der Waals surface area contributed by atoms with E-state index in [1.54, 1.807) is 11.2 Å². The molecule has 2 N–H and O–H groups in total. The second kappa shape index (κ2) is 8.39. The largest absolute Gasteiger partial charge is 0.387 e. The maximum absolute atomic E-state index is 12.1. The zero-order chi connectivity index (χ0) is 17.5. The van der Waals surface area contributed by atoms with E-state index in [1.807, 2.05) is 32.4 Å². The van der Waals surface area contributed by atoms with E-state index in [9.17, 15) is 4.79 Å². The number of nitrogens with zero attached hydrogens (tertiary/aromatic N) is 4. The molecule has 0 bridgehead atoms. The zero-order valence-corrected chi connectivity index (χ0v) is 14.6. The molecule has 2 aliphatic rings. The molecule has 1 amide bonds. The smallest absolute Gasteiger partial charge is 0.236 e. The molecule has 1 saturated heterocycles. The molecular formula is C17H26N6O. The van der Waals surface area contributed by atoms with Crippen molar-refractivity contribution in [2.24, 2.45) is 10.9 Å². The molecule has 0 saturated carbocycles. The van der Waals surface area contributed by atoms with Gasteiger partial charge in [-0.2, -0.15) is 5.26 Å². The number of hydrogen-bond acceptors (Lipinski definition) is 5. The predicted octanol–water partition coefficient (Wildman–Crippen LogP) is 0.645. The highest BCUT2D eigenvalue weighted by molar-refractivity contribution is 5.78. The van der Waals surface area contributed by atoms with Gasteiger partial charge in [0, 0.05) is 39.3 Å². The van der Waals surface area contributed by atoms with Crippen LogP contribution in [-0.2, 0) is 4.79 Å². The lowest BCUT2D eigenvalue weighted by atomic mass is 9.92. The van der Waals surface area contributed by atoms with Crippen LogP contribution in [0.15, 0.2) is 28.7 Å². The molecule has 0 aromatic carbocycles. The number of amides is 1. The molecule has 130 valence electrons. The Bertz CT molecular complexity index is 588. The average molecular weight is 330 g/mol. The Morgan fingerprint density at radius 3 is 3.08 bits per heavy atom. The summed E-state index contributed by atoms with van der Waals surface area (Å²) >= 11 is 0. The molecule has 2 heterocycles. The van der Waals surface area contributed by atoms with Gasteiger partial charge >= 0.3 is 0 Å². The normalized spacial score (nSPS) is 25.3. The second-order valence-corrected chi connectivity index (χ2v) is 6.23. The summed E-state index contributed by atoms with van der Waals surface area (Å²) < 4.78 is 0. The number of hydrogen-bond donors (Lipinski definition) is 2. The Labute approximate surface area is 143 Å². The van der Waals surface area contributed by atoms with Gasteiger partial charge in [-0.3, -0.25) is 4.79 Å². The lowest BCUT2D eigenvalue weighted by Gasteiger charge is -2.42. The molecule has 0 unspecified atom stereocenters. The number of nitriles is 1. The van der Waals surface area contributed by atoms with Crippen molar-refractivity contribution in [1.82, 2.24) is 20.4 Å². The van der Waals surface area contributed by atoms with Crippen LogP contribution < -0.4 is 10.6 Å². The van der Waals surface area contributed by atoms with Gasteiger partial charge in [-0.25, -0.2) is 4.99 Å². The number of aliphatic imine (C=N–C) groups is 1. The number of carbonyl (C=O) groups excluding carboxylic acids is 1. The van der Waals surface area contributed by atoms with Crippen LogP contribution in [0.5, 0.6) is 0 Å². The first-order valence-electron chi connectivity index (χ1n) is 8.29. The number of piperidine rings is 1. The fraction of sp³-hybridized carbons (Fsp3) is 0.588. The van der Waals surface area contributed by atoms with Crippen LogP contribution in [-0.4, -0.2) is 61.8 Å². The van der Waals surface area contributed by atoms with E-state index < -0.39 is 0 Å². The summed E-state index contributed by atoms with van der Waals surface area (Å²) in [6.07, 6.45) is 6.51. The fourth-order valence-corrected chi connectivity index (χ4v) is 3.18. The third-order valence-corrected chi connectivity index (χ3v) is 4.63. The average Bonchev–Trinajstić information content (AvgIpc) is 3.10. The van der Waals surface area contributed by atoms with Crippen molar-refractivity contribution >= 4 is 12.2 Å². The summed E-state index contributed by atoms with van der Waals surface area (Å²) in [6.45, 7) is 4.30. The van der Waals surface area contributed by atoms with Crippen molar-refractivity contribution in [1.29, 1.82) is 5.26 Å². The molecule has 2 aliphatic heterocycles. The lowest BCUT2D eigenvalue weighted by molar-refractivity contribution is -0.132. The summed E-state index contributed by atoms with van der Waals surface area (Å²) in [5, 5.41) is 14.9. The van der Waals surface area contributed by atoms with Gasteiger partial charge in [0.15, 0.2) is 0 Å². The van der Waals surface area contributed by atoms with E-state index in [4.69, 9.17) is 5.26 Å². The third kappa shape index (κ3) is 4.07. The number of carbonyl (C=O) groups is 1. The van der Waals surface area contributed by atoms with Crippen molar-refractivity contribution in [3.63, 3.8) is 0 Å². The summed E-state index contributed by atoms with van der Waals surface area (Å²) in [4.78, 5) is 20.6. The summed E-state index contributed by atoms with van der Waals surface area (Å²) in [6, 6.07) is 2.13. The summed E-state index contributed by atoms with van der Waals surface area (Å²) in [7, 11) is 3.85. The first kappa shape index (κ1) is 17.9. The van der Waals surface area contributed by atoms with Crippen LogP contribution in [0.4, 0.5) is 0 Å². The highest BCUT2D eigenvalue weighted by atomic mass is 16.2. The van der Waals surface area contributed by atoms with Gasteiger partial charge in [0.05, 0.1) is 18.4 Å². The van der Waals surface area contributed by atoms with E-state index in [1.165, 1.54) is 0 Å². The van der Waals surface area contributed by atoms with Gasteiger partial charge in [-0.15, -0.1) is 0 Å². The van der Waals surface area contributed by atoms with Gasteiger partial charge in [-0.05, 0) is 24.6 Å². The molecular weight excluding hydrogens is 304 g/mol. The molecule has 0 aliphatic carbocycles. The molecule has 24 heavy (non-hydrogen) atoms. The Balaban J connectivity index is 2.20. The van der Waals surface area contributed by atoms with Crippen LogP contribution in [0.3, 0.4) is 0 Å². The molecule has 7 heteroatoms. The van der Waals surface area contributed by atoms with Crippen molar-refractivity contribution in [3.8, 4) is 6.07 Å². The molecule has 7 nitrogen and oxygen atoms in total. The first-order chi connectivity index (χ1) is 11.6. The van der Waals surface area contributed by atoms with E-state index in [-0.39, 0.29) is 18.4 Å². The molecule has 0 spiro atoms. The summed E-state index contributed by atoms with van der Waals surface area (Å²) in [5.74, 6) is 1.26. The minimum absolute atomic E-state index is 0.0523. The van der Waals surface area contributed by atoms with Gasteiger partial charge in [0.1, 0.15) is 12.2 Å². The quantitative estimate of drug-likeness (QED) is 0.571. The van der Waals surface area contributed by atoms with Crippen LogP contribution >= 0.6 is 0 Å². The third-order valence-electron chi connectivity index (χ3n) is 4.63. The first-order valence-corrected chi connectivity index (χ1v) is 8.29. The van der Waals surface area contributed by atoms with E-state index >= 15 is 0 Å². The number of nitrogens with one attached hydrogen (secondary N) is 2. The van der Waals surface area contributed by atoms with Crippen LogP contribution in [0.1, 0.15) is 19.8 Å². The van der Waals surface area contributed by atoms with Gasteiger partial charge in [0.25, 0.3) is 0 Å². The zero-order valence-electron chi connectivity index (χ0n) is 14.6. The van der Waals surface area contributed by atoms with Gasteiger partial charge < -0.3 is 20.4 Å². The van der Waals surface area contributed by atoms with Crippen molar-refractivity contribution < 1.29 is 4.79 Å². The minimum Gasteiger partial charge on any atom is -0.387 e. The Morgan fingerprint density at radius 1 is 1.67 bits per heavy atom. The molecule has 0 aromatic heterocycles. The second-order valence-electron chi connectivity index (χ2n) is 6.23. The van der Waals surface area contributed by atoms with E-state index in [0.717, 1.165) is 30.9 Å². The monoisotopic (exact) mass is 330 g/mol. The van der Waals surface area contributed by atoms with Gasteiger partial charge in [0.2, 0.25) is 5.91 Å². The lowest BCUT2D eigenvalue weighted by Crippen LogP contribution is -2.52.